The number of amides is 1. The summed E-state index contributed by atoms with van der Waals surface area (Å²) >= 11 is 12.4. The highest BCUT2D eigenvalue weighted by molar-refractivity contribution is 6.31. The Bertz CT molecular complexity index is 1370. The predicted molar refractivity (Wildman–Crippen MR) is 141 cm³/mol. The van der Waals surface area contributed by atoms with E-state index in [-0.39, 0.29) is 5.91 Å². The first kappa shape index (κ1) is 22.5. The minimum absolute atomic E-state index is 0.000579. The first-order valence-corrected chi connectivity index (χ1v) is 12.0. The second-order valence-corrected chi connectivity index (χ2v) is 9.26. The Kier molecular flexibility index (Phi) is 6.31. The number of benzene rings is 3. The Labute approximate surface area is 208 Å². The third-order valence-corrected chi connectivity index (χ3v) is 6.84. The van der Waals surface area contributed by atoms with Crippen molar-refractivity contribution in [2.45, 2.75) is 6.92 Å². The molecule has 5 nitrogen and oxygen atoms in total. The lowest BCUT2D eigenvalue weighted by molar-refractivity contribution is 0.0748. The molecule has 0 unspecified atom stereocenters. The van der Waals surface area contributed by atoms with Gasteiger partial charge in [-0.25, -0.2) is 4.98 Å². The van der Waals surface area contributed by atoms with Crippen LogP contribution in [0.15, 0.2) is 72.9 Å². The number of aromatic nitrogens is 1. The highest BCUT2D eigenvalue weighted by Crippen LogP contribution is 2.30. The van der Waals surface area contributed by atoms with E-state index < -0.39 is 0 Å². The maximum absolute atomic E-state index is 13.5. The van der Waals surface area contributed by atoms with E-state index in [2.05, 4.69) is 15.2 Å². The number of fused-ring (bicyclic) bond motifs is 1. The molecular formula is C27H24Cl2N4O. The molecular weight excluding hydrogens is 467 g/mol. The molecule has 5 rings (SSSR count). The molecule has 2 heterocycles. The van der Waals surface area contributed by atoms with Crippen molar-refractivity contribution in [2.75, 3.05) is 36.4 Å². The van der Waals surface area contributed by atoms with E-state index in [0.29, 0.717) is 29.5 Å². The van der Waals surface area contributed by atoms with Crippen molar-refractivity contribution < 1.29 is 4.79 Å². The number of halogens is 2. The lowest BCUT2D eigenvalue weighted by Crippen LogP contribution is -2.48. The first-order chi connectivity index (χ1) is 16.5. The molecule has 1 amide bonds. The standard InChI is InChI=1S/C27H24Cl2N4O/c1-18-9-10-20(16-25(18)29)31-26-23-8-3-2-7-22(23)24(17-30-26)27(34)33-13-11-32(12-14-33)21-6-4-5-19(28)15-21/h2-10,15-17H,11-14H2,1H3,(H,30,31). The summed E-state index contributed by atoms with van der Waals surface area (Å²) in [5.74, 6) is 0.692. The van der Waals surface area contributed by atoms with Crippen LogP contribution in [0.5, 0.6) is 0 Å². The summed E-state index contributed by atoms with van der Waals surface area (Å²) in [5, 5.41) is 6.53. The van der Waals surface area contributed by atoms with Crippen LogP contribution in [0.25, 0.3) is 10.8 Å². The Balaban J connectivity index is 1.37. The number of nitrogens with one attached hydrogen (secondary N) is 1. The lowest BCUT2D eigenvalue weighted by Gasteiger charge is -2.36. The maximum Gasteiger partial charge on any atom is 0.256 e. The Morgan fingerprint density at radius 2 is 1.68 bits per heavy atom. The molecule has 1 saturated heterocycles. The summed E-state index contributed by atoms with van der Waals surface area (Å²) in [6, 6.07) is 21.5. The molecule has 1 aliphatic rings. The van der Waals surface area contributed by atoms with Crippen LogP contribution in [0, 0.1) is 6.92 Å². The highest BCUT2D eigenvalue weighted by atomic mass is 35.5. The van der Waals surface area contributed by atoms with Crippen molar-refractivity contribution >= 4 is 57.1 Å². The van der Waals surface area contributed by atoms with Crippen molar-refractivity contribution in [1.29, 1.82) is 0 Å². The zero-order chi connectivity index (χ0) is 23.7. The normalized spacial score (nSPS) is 13.9. The quantitative estimate of drug-likeness (QED) is 0.352. The molecule has 0 aliphatic carbocycles. The third-order valence-electron chi connectivity index (χ3n) is 6.20. The summed E-state index contributed by atoms with van der Waals surface area (Å²) in [4.78, 5) is 22.2. The van der Waals surface area contributed by atoms with Gasteiger partial charge in [0.15, 0.2) is 0 Å². The summed E-state index contributed by atoms with van der Waals surface area (Å²) < 4.78 is 0. The molecule has 7 heteroatoms. The predicted octanol–water partition coefficient (Wildman–Crippen LogP) is 6.56. The Morgan fingerprint density at radius 3 is 2.41 bits per heavy atom. The fourth-order valence-corrected chi connectivity index (χ4v) is 4.65. The fraction of sp³-hybridized carbons (Fsp3) is 0.185. The van der Waals surface area contributed by atoms with Gasteiger partial charge in [0.2, 0.25) is 0 Å². The molecule has 0 bridgehead atoms. The van der Waals surface area contributed by atoms with Gasteiger partial charge in [-0.3, -0.25) is 4.79 Å². The molecule has 1 N–H and O–H groups in total. The Hall–Kier alpha value is -3.28. The van der Waals surface area contributed by atoms with Crippen molar-refractivity contribution in [3.8, 4) is 0 Å². The van der Waals surface area contributed by atoms with Gasteiger partial charge < -0.3 is 15.1 Å². The summed E-state index contributed by atoms with van der Waals surface area (Å²) in [5.41, 5.74) is 3.56. The van der Waals surface area contributed by atoms with Crippen LogP contribution < -0.4 is 10.2 Å². The maximum atomic E-state index is 13.5. The molecule has 172 valence electrons. The van der Waals surface area contributed by atoms with Gasteiger partial charge in [0.25, 0.3) is 5.91 Å². The van der Waals surface area contributed by atoms with Crippen LogP contribution >= 0.6 is 23.2 Å². The minimum atomic E-state index is -0.000579. The van der Waals surface area contributed by atoms with Gasteiger partial charge >= 0.3 is 0 Å². The molecule has 0 saturated carbocycles. The molecule has 4 aromatic rings. The molecule has 1 aliphatic heterocycles. The number of anilines is 3. The zero-order valence-electron chi connectivity index (χ0n) is 18.8. The van der Waals surface area contributed by atoms with Crippen molar-refractivity contribution in [3.63, 3.8) is 0 Å². The van der Waals surface area contributed by atoms with Crippen molar-refractivity contribution in [3.05, 3.63) is 94.1 Å². The number of rotatable bonds is 4. The number of carbonyl (C=O) groups is 1. The van der Waals surface area contributed by atoms with Crippen LogP contribution in [0.2, 0.25) is 10.0 Å². The smallest absolute Gasteiger partial charge is 0.256 e. The summed E-state index contributed by atoms with van der Waals surface area (Å²) in [6.07, 6.45) is 1.67. The summed E-state index contributed by atoms with van der Waals surface area (Å²) in [7, 11) is 0. The van der Waals surface area contributed by atoms with Crippen molar-refractivity contribution in [1.82, 2.24) is 9.88 Å². The highest BCUT2D eigenvalue weighted by Gasteiger charge is 2.24. The topological polar surface area (TPSA) is 48.5 Å². The molecule has 0 atom stereocenters. The van der Waals surface area contributed by atoms with Crippen LogP contribution in [0.4, 0.5) is 17.2 Å². The lowest BCUT2D eigenvalue weighted by atomic mass is 10.1. The number of aryl methyl sites for hydroxylation is 1. The average molecular weight is 491 g/mol. The minimum Gasteiger partial charge on any atom is -0.368 e. The second kappa shape index (κ2) is 9.53. The van der Waals surface area contributed by atoms with Gasteiger partial charge in [-0.15, -0.1) is 0 Å². The Morgan fingerprint density at radius 1 is 0.912 bits per heavy atom. The molecule has 0 radical (unpaired) electrons. The van der Waals surface area contributed by atoms with E-state index in [1.54, 1.807) is 6.20 Å². The number of pyridine rings is 1. The SMILES string of the molecule is Cc1ccc(Nc2ncc(C(=O)N3CCN(c4cccc(Cl)c4)CC3)c3ccccc23)cc1Cl. The molecule has 0 spiro atoms. The van der Waals surface area contributed by atoms with Gasteiger partial charge in [-0.2, -0.15) is 0 Å². The number of nitrogens with zero attached hydrogens (tertiary/aromatic N) is 3. The number of piperazine rings is 1. The van der Waals surface area contributed by atoms with Crippen molar-refractivity contribution in [2.24, 2.45) is 0 Å². The van der Waals surface area contributed by atoms with Crippen LogP contribution in [-0.2, 0) is 0 Å². The zero-order valence-corrected chi connectivity index (χ0v) is 20.3. The largest absolute Gasteiger partial charge is 0.368 e. The van der Waals surface area contributed by atoms with E-state index in [1.165, 1.54) is 0 Å². The number of carbonyl (C=O) groups excluding carboxylic acids is 1. The van der Waals surface area contributed by atoms with Gasteiger partial charge in [-0.1, -0.05) is 59.6 Å². The fourth-order valence-electron chi connectivity index (χ4n) is 4.28. The van der Waals surface area contributed by atoms with Gasteiger partial charge in [0, 0.05) is 59.2 Å². The second-order valence-electron chi connectivity index (χ2n) is 8.41. The number of hydrogen-bond acceptors (Lipinski definition) is 4. The summed E-state index contributed by atoms with van der Waals surface area (Å²) in [6.45, 7) is 4.76. The van der Waals surface area contributed by atoms with E-state index in [1.807, 2.05) is 78.6 Å². The number of hydrogen-bond donors (Lipinski definition) is 1. The van der Waals surface area contributed by atoms with E-state index in [9.17, 15) is 4.79 Å². The van der Waals surface area contributed by atoms with Crippen LogP contribution in [0.3, 0.4) is 0 Å². The third kappa shape index (κ3) is 4.54. The molecule has 1 aromatic heterocycles. The average Bonchev–Trinajstić information content (AvgIpc) is 2.86. The van der Waals surface area contributed by atoms with Crippen LogP contribution in [0.1, 0.15) is 15.9 Å². The van der Waals surface area contributed by atoms with Gasteiger partial charge in [0.1, 0.15) is 5.82 Å². The van der Waals surface area contributed by atoms with E-state index >= 15 is 0 Å². The first-order valence-electron chi connectivity index (χ1n) is 11.2. The molecule has 3 aromatic carbocycles. The van der Waals surface area contributed by atoms with E-state index in [0.717, 1.165) is 45.8 Å². The monoisotopic (exact) mass is 490 g/mol. The van der Waals surface area contributed by atoms with Crippen LogP contribution in [-0.4, -0.2) is 42.0 Å². The molecule has 1 fully saturated rings. The van der Waals surface area contributed by atoms with Gasteiger partial charge in [0.05, 0.1) is 5.56 Å². The van der Waals surface area contributed by atoms with E-state index in [4.69, 9.17) is 23.2 Å². The van der Waals surface area contributed by atoms with Gasteiger partial charge in [-0.05, 0) is 48.2 Å². The molecule has 34 heavy (non-hydrogen) atoms.